The van der Waals surface area contributed by atoms with E-state index >= 15 is 0 Å². The van der Waals surface area contributed by atoms with Gasteiger partial charge in [-0.15, -0.1) is 0 Å². The van der Waals surface area contributed by atoms with Crippen LogP contribution in [0.15, 0.2) is 18.2 Å². The van der Waals surface area contributed by atoms with Gasteiger partial charge >= 0.3 is 6.18 Å². The maximum Gasteiger partial charge on any atom is 0.416 e. The van der Waals surface area contributed by atoms with E-state index in [0.29, 0.717) is 25.1 Å². The van der Waals surface area contributed by atoms with E-state index in [2.05, 4.69) is 10.1 Å². The van der Waals surface area contributed by atoms with Crippen LogP contribution < -0.4 is 11.1 Å². The zero-order valence-corrected chi connectivity index (χ0v) is 12.6. The summed E-state index contributed by atoms with van der Waals surface area (Å²) < 4.78 is 41.9. The molecule has 1 heterocycles. The first-order chi connectivity index (χ1) is 10.3. The van der Waals surface area contributed by atoms with E-state index in [0.717, 1.165) is 24.2 Å². The Kier molecular flexibility index (Phi) is 6.67. The number of carbonyl (C=O) groups excluding carboxylic acids is 1. The largest absolute Gasteiger partial charge is 0.468 e. The van der Waals surface area contributed by atoms with Crippen molar-refractivity contribution in [2.24, 2.45) is 5.73 Å². The molecule has 124 valence electrons. The Morgan fingerprint density at radius 1 is 1.41 bits per heavy atom. The fraction of sp³-hybridized carbons (Fsp3) is 0.533. The van der Waals surface area contributed by atoms with Crippen LogP contribution >= 0.6 is 0 Å². The summed E-state index contributed by atoms with van der Waals surface area (Å²) in [7, 11) is 0. The van der Waals surface area contributed by atoms with Crippen LogP contribution in [-0.2, 0) is 15.7 Å². The molecule has 0 fully saturated rings. The molecule has 0 radical (unpaired) electrons. The molecule has 0 aromatic heterocycles. The first kappa shape index (κ1) is 18.3. The zero-order valence-electron chi connectivity index (χ0n) is 12.6. The van der Waals surface area contributed by atoms with Gasteiger partial charge in [-0.1, -0.05) is 6.92 Å². The van der Waals surface area contributed by atoms with Crippen molar-refractivity contribution in [1.82, 2.24) is 0 Å². The SMILES string of the molecule is CCOC=O.CC[C@@H]1C[C@H](N)c2cc(C(F)(F)F)ccc2N1. The molecule has 0 unspecified atom stereocenters. The predicted molar refractivity (Wildman–Crippen MR) is 78.4 cm³/mol. The highest BCUT2D eigenvalue weighted by Gasteiger charge is 2.32. The second-order valence-corrected chi connectivity index (χ2v) is 4.94. The lowest BCUT2D eigenvalue weighted by atomic mass is 9.91. The monoisotopic (exact) mass is 318 g/mol. The number of carbonyl (C=O) groups is 1. The summed E-state index contributed by atoms with van der Waals surface area (Å²) in [5.41, 5.74) is 6.57. The Hall–Kier alpha value is -1.76. The average molecular weight is 318 g/mol. The van der Waals surface area contributed by atoms with E-state index in [-0.39, 0.29) is 12.1 Å². The number of nitrogens with one attached hydrogen (secondary N) is 1. The van der Waals surface area contributed by atoms with Crippen molar-refractivity contribution in [2.45, 2.75) is 44.9 Å². The van der Waals surface area contributed by atoms with E-state index in [1.807, 2.05) is 6.92 Å². The molecule has 0 saturated carbocycles. The lowest BCUT2D eigenvalue weighted by Gasteiger charge is -2.31. The number of fused-ring (bicyclic) bond motifs is 1. The maximum absolute atomic E-state index is 12.6. The summed E-state index contributed by atoms with van der Waals surface area (Å²) in [4.78, 5) is 9.18. The van der Waals surface area contributed by atoms with Crippen molar-refractivity contribution >= 4 is 12.2 Å². The van der Waals surface area contributed by atoms with Crippen molar-refractivity contribution in [3.05, 3.63) is 29.3 Å². The van der Waals surface area contributed by atoms with E-state index in [1.165, 1.54) is 6.07 Å². The van der Waals surface area contributed by atoms with Gasteiger partial charge in [-0.3, -0.25) is 4.79 Å². The minimum atomic E-state index is -4.31. The molecule has 4 nitrogen and oxygen atoms in total. The van der Waals surface area contributed by atoms with Gasteiger partial charge in [0.05, 0.1) is 12.2 Å². The Balaban J connectivity index is 0.000000422. The fourth-order valence-electron chi connectivity index (χ4n) is 2.23. The topological polar surface area (TPSA) is 64.3 Å². The van der Waals surface area contributed by atoms with Crippen LogP contribution in [0.1, 0.15) is 43.9 Å². The van der Waals surface area contributed by atoms with Crippen LogP contribution in [0.3, 0.4) is 0 Å². The van der Waals surface area contributed by atoms with E-state index in [9.17, 15) is 18.0 Å². The summed E-state index contributed by atoms with van der Waals surface area (Å²) in [6.45, 7) is 4.69. The van der Waals surface area contributed by atoms with Crippen LogP contribution in [0, 0.1) is 0 Å². The van der Waals surface area contributed by atoms with Crippen LogP contribution in [0.2, 0.25) is 0 Å². The van der Waals surface area contributed by atoms with Gasteiger partial charge in [0, 0.05) is 17.8 Å². The highest BCUT2D eigenvalue weighted by molar-refractivity contribution is 5.57. The van der Waals surface area contributed by atoms with Gasteiger partial charge in [0.1, 0.15) is 0 Å². The molecule has 22 heavy (non-hydrogen) atoms. The molecule has 1 aliphatic heterocycles. The number of anilines is 1. The highest BCUT2D eigenvalue weighted by atomic mass is 19.4. The number of ether oxygens (including phenoxy) is 1. The summed E-state index contributed by atoms with van der Waals surface area (Å²) in [5.74, 6) is 0. The van der Waals surface area contributed by atoms with Crippen LogP contribution in [0.5, 0.6) is 0 Å². The number of benzene rings is 1. The minimum Gasteiger partial charge on any atom is -0.468 e. The number of hydrogen-bond donors (Lipinski definition) is 2. The van der Waals surface area contributed by atoms with Crippen molar-refractivity contribution in [3.8, 4) is 0 Å². The maximum atomic E-state index is 12.6. The first-order valence-electron chi connectivity index (χ1n) is 7.11. The molecular formula is C15H21F3N2O2. The average Bonchev–Trinajstić information content (AvgIpc) is 2.47. The van der Waals surface area contributed by atoms with Crippen LogP contribution in [0.25, 0.3) is 0 Å². The van der Waals surface area contributed by atoms with Gasteiger partial charge in [-0.2, -0.15) is 13.2 Å². The van der Waals surface area contributed by atoms with Crippen molar-refractivity contribution < 1.29 is 22.7 Å². The normalized spacial score (nSPS) is 20.1. The molecule has 0 spiro atoms. The Morgan fingerprint density at radius 3 is 2.55 bits per heavy atom. The van der Waals surface area contributed by atoms with Gasteiger partial charge in [0.25, 0.3) is 6.47 Å². The summed E-state index contributed by atoms with van der Waals surface area (Å²) in [5, 5.41) is 3.21. The van der Waals surface area contributed by atoms with Gasteiger partial charge in [-0.05, 0) is 43.5 Å². The smallest absolute Gasteiger partial charge is 0.416 e. The second kappa shape index (κ2) is 8.03. The third-order valence-corrected chi connectivity index (χ3v) is 3.40. The van der Waals surface area contributed by atoms with E-state index in [1.54, 1.807) is 6.92 Å². The van der Waals surface area contributed by atoms with E-state index in [4.69, 9.17) is 5.73 Å². The lowest BCUT2D eigenvalue weighted by molar-refractivity contribution is -0.137. The van der Waals surface area contributed by atoms with Crippen LogP contribution in [0.4, 0.5) is 18.9 Å². The molecule has 7 heteroatoms. The third kappa shape index (κ3) is 4.91. The molecule has 3 N–H and O–H groups in total. The van der Waals surface area contributed by atoms with Gasteiger partial charge in [0.2, 0.25) is 0 Å². The number of alkyl halides is 3. The molecule has 2 atom stereocenters. The van der Waals surface area contributed by atoms with Gasteiger partial charge in [0.15, 0.2) is 0 Å². The van der Waals surface area contributed by atoms with E-state index < -0.39 is 11.7 Å². The molecule has 1 aromatic rings. The molecule has 1 aliphatic rings. The van der Waals surface area contributed by atoms with Crippen molar-refractivity contribution in [2.75, 3.05) is 11.9 Å². The molecule has 0 bridgehead atoms. The number of hydrogen-bond acceptors (Lipinski definition) is 4. The Morgan fingerprint density at radius 2 is 2.09 bits per heavy atom. The number of halogens is 3. The summed E-state index contributed by atoms with van der Waals surface area (Å²) in [6, 6.07) is 3.64. The van der Waals surface area contributed by atoms with Crippen molar-refractivity contribution in [1.29, 1.82) is 0 Å². The standard InChI is InChI=1S/C12H15F3N2.C3H6O2/c1-2-8-6-10(16)9-5-7(12(13,14)15)3-4-11(9)17-8;1-2-5-3-4/h3-5,8,10,17H,2,6,16H2,1H3;3H,2H2,1H3/t8-,10+;/m1./s1. The molecular weight excluding hydrogens is 297 g/mol. The molecule has 0 aliphatic carbocycles. The highest BCUT2D eigenvalue weighted by Crippen LogP contribution is 2.37. The number of rotatable bonds is 3. The van der Waals surface area contributed by atoms with Gasteiger partial charge in [-0.25, -0.2) is 0 Å². The summed E-state index contributed by atoms with van der Waals surface area (Å²) in [6.07, 6.45) is -2.73. The number of nitrogens with two attached hydrogens (primary N) is 1. The first-order valence-corrected chi connectivity index (χ1v) is 7.11. The van der Waals surface area contributed by atoms with Gasteiger partial charge < -0.3 is 15.8 Å². The van der Waals surface area contributed by atoms with Crippen molar-refractivity contribution in [3.63, 3.8) is 0 Å². The molecule has 0 saturated heterocycles. The quantitative estimate of drug-likeness (QED) is 0.838. The second-order valence-electron chi connectivity index (χ2n) is 4.94. The summed E-state index contributed by atoms with van der Waals surface area (Å²) >= 11 is 0. The predicted octanol–water partition coefficient (Wildman–Crippen LogP) is 3.48. The Bertz CT molecular complexity index is 492. The molecule has 1 aromatic carbocycles. The lowest BCUT2D eigenvalue weighted by Crippen LogP contribution is -2.31. The van der Waals surface area contributed by atoms with Crippen LogP contribution in [-0.4, -0.2) is 19.1 Å². The minimum absolute atomic E-state index is 0.245. The third-order valence-electron chi connectivity index (χ3n) is 3.40. The zero-order chi connectivity index (χ0) is 16.8. The fourth-order valence-corrected chi connectivity index (χ4v) is 2.23. The molecule has 0 amide bonds. The molecule has 2 rings (SSSR count). The Labute approximate surface area is 127 Å².